The highest BCUT2D eigenvalue weighted by Crippen LogP contribution is 2.23. The predicted octanol–water partition coefficient (Wildman–Crippen LogP) is 4.22. The van der Waals surface area contributed by atoms with Gasteiger partial charge < -0.3 is 0 Å². The number of hydrogen-bond acceptors (Lipinski definition) is 3. The van der Waals surface area contributed by atoms with Crippen molar-refractivity contribution >= 4 is 22.5 Å². The summed E-state index contributed by atoms with van der Waals surface area (Å²) >= 11 is 6.21. The van der Waals surface area contributed by atoms with E-state index in [1.165, 1.54) is 0 Å². The second kappa shape index (κ2) is 7.10. The van der Waals surface area contributed by atoms with E-state index in [9.17, 15) is 4.79 Å². The van der Waals surface area contributed by atoms with Gasteiger partial charge in [-0.2, -0.15) is 4.98 Å². The molecule has 4 rings (SSSR count). The highest BCUT2D eigenvalue weighted by atomic mass is 35.5. The normalized spacial score (nSPS) is 11.0. The molecule has 0 radical (unpaired) electrons. The van der Waals surface area contributed by atoms with Gasteiger partial charge in [-0.05, 0) is 55.3 Å². The molecule has 0 aliphatic rings. The number of pyridine rings is 1. The van der Waals surface area contributed by atoms with Crippen molar-refractivity contribution in [2.75, 3.05) is 0 Å². The fourth-order valence-corrected chi connectivity index (χ4v) is 3.24. The van der Waals surface area contributed by atoms with Crippen LogP contribution in [0.5, 0.6) is 0 Å². The van der Waals surface area contributed by atoms with Crippen molar-refractivity contribution in [3.8, 4) is 5.69 Å². The van der Waals surface area contributed by atoms with E-state index < -0.39 is 0 Å². The van der Waals surface area contributed by atoms with Crippen molar-refractivity contribution in [3.63, 3.8) is 0 Å². The molecule has 26 heavy (non-hydrogen) atoms. The zero-order valence-corrected chi connectivity index (χ0v) is 14.7. The van der Waals surface area contributed by atoms with Crippen molar-refractivity contribution in [1.82, 2.24) is 14.5 Å². The Kier molecular flexibility index (Phi) is 4.50. The number of aryl methyl sites for hydroxylation is 2. The van der Waals surface area contributed by atoms with Gasteiger partial charge in [0.15, 0.2) is 0 Å². The number of rotatable bonds is 4. The molecule has 5 heteroatoms. The van der Waals surface area contributed by atoms with Crippen LogP contribution < -0.4 is 5.69 Å². The number of halogens is 1. The summed E-state index contributed by atoms with van der Waals surface area (Å²) in [7, 11) is 0. The molecule has 0 spiro atoms. The lowest BCUT2D eigenvalue weighted by Crippen LogP contribution is -2.23. The lowest BCUT2D eigenvalue weighted by atomic mass is 10.1. The monoisotopic (exact) mass is 361 g/mol. The van der Waals surface area contributed by atoms with Gasteiger partial charge in [-0.3, -0.25) is 9.55 Å². The molecule has 0 saturated carbocycles. The molecule has 2 heterocycles. The molecule has 0 N–H and O–H groups in total. The number of fused-ring (bicyclic) bond motifs is 1. The Labute approximate surface area is 155 Å². The lowest BCUT2D eigenvalue weighted by Gasteiger charge is -2.13. The third-order valence-corrected chi connectivity index (χ3v) is 4.53. The molecule has 4 nitrogen and oxygen atoms in total. The summed E-state index contributed by atoms with van der Waals surface area (Å²) in [6, 6.07) is 20.9. The summed E-state index contributed by atoms with van der Waals surface area (Å²) in [5.41, 5.74) is 2.97. The van der Waals surface area contributed by atoms with Gasteiger partial charge in [-0.25, -0.2) is 4.79 Å². The maximum absolute atomic E-state index is 12.8. The molecule has 0 aliphatic heterocycles. The second-order valence-corrected chi connectivity index (χ2v) is 6.43. The number of benzene rings is 2. The molecule has 0 atom stereocenters. The number of nitrogens with zero attached hydrogens (tertiary/aromatic N) is 3. The SMILES string of the molecule is O=c1nc(CCc2ccccn2)c2ccc(Cl)cc2n1-c1ccccc1. The number of aromatic nitrogens is 3. The van der Waals surface area contributed by atoms with Crippen LogP contribution in [0.1, 0.15) is 11.4 Å². The van der Waals surface area contributed by atoms with Crippen LogP contribution in [0.15, 0.2) is 77.7 Å². The van der Waals surface area contributed by atoms with Gasteiger partial charge >= 0.3 is 5.69 Å². The molecule has 2 aromatic carbocycles. The summed E-state index contributed by atoms with van der Waals surface area (Å²) < 4.78 is 1.60. The number of para-hydroxylation sites is 1. The first kappa shape index (κ1) is 16.5. The van der Waals surface area contributed by atoms with Crippen molar-refractivity contribution in [2.24, 2.45) is 0 Å². The maximum Gasteiger partial charge on any atom is 0.352 e. The Morgan fingerprint density at radius 1 is 0.923 bits per heavy atom. The van der Waals surface area contributed by atoms with Gasteiger partial charge in [0, 0.05) is 22.3 Å². The molecular weight excluding hydrogens is 346 g/mol. The molecule has 128 valence electrons. The van der Waals surface area contributed by atoms with E-state index in [2.05, 4.69) is 9.97 Å². The van der Waals surface area contributed by atoms with Gasteiger partial charge in [0.2, 0.25) is 0 Å². The average molecular weight is 362 g/mol. The summed E-state index contributed by atoms with van der Waals surface area (Å²) in [4.78, 5) is 21.5. The fourth-order valence-electron chi connectivity index (χ4n) is 3.07. The predicted molar refractivity (Wildman–Crippen MR) is 104 cm³/mol. The molecular formula is C21H16ClN3O. The Balaban J connectivity index is 1.84. The van der Waals surface area contributed by atoms with Crippen molar-refractivity contribution in [3.05, 3.63) is 99.8 Å². The van der Waals surface area contributed by atoms with Gasteiger partial charge in [0.05, 0.1) is 16.9 Å². The molecule has 0 unspecified atom stereocenters. The van der Waals surface area contributed by atoms with Crippen LogP contribution in [0.2, 0.25) is 5.02 Å². The van der Waals surface area contributed by atoms with Crippen LogP contribution in [-0.4, -0.2) is 14.5 Å². The van der Waals surface area contributed by atoms with Crippen molar-refractivity contribution in [1.29, 1.82) is 0 Å². The molecule has 2 aromatic heterocycles. The van der Waals surface area contributed by atoms with E-state index in [1.807, 2.05) is 66.7 Å². The van der Waals surface area contributed by atoms with Gasteiger partial charge in [0.1, 0.15) is 0 Å². The summed E-state index contributed by atoms with van der Waals surface area (Å²) in [6.45, 7) is 0. The third kappa shape index (κ3) is 3.24. The Morgan fingerprint density at radius 3 is 2.50 bits per heavy atom. The van der Waals surface area contributed by atoms with Gasteiger partial charge in [-0.1, -0.05) is 35.9 Å². The molecule has 0 amide bonds. The summed E-state index contributed by atoms with van der Waals surface area (Å²) in [5, 5.41) is 1.51. The zero-order valence-electron chi connectivity index (χ0n) is 14.0. The topological polar surface area (TPSA) is 47.8 Å². The highest BCUT2D eigenvalue weighted by molar-refractivity contribution is 6.31. The van der Waals surface area contributed by atoms with E-state index in [-0.39, 0.29) is 5.69 Å². The van der Waals surface area contributed by atoms with E-state index in [1.54, 1.807) is 10.8 Å². The fraction of sp³-hybridized carbons (Fsp3) is 0.0952. The quantitative estimate of drug-likeness (QED) is 0.546. The highest BCUT2D eigenvalue weighted by Gasteiger charge is 2.12. The Morgan fingerprint density at radius 2 is 1.73 bits per heavy atom. The molecule has 4 aromatic rings. The lowest BCUT2D eigenvalue weighted by molar-refractivity contribution is 0.850. The summed E-state index contributed by atoms with van der Waals surface area (Å²) in [5.74, 6) is 0. The molecule has 0 bridgehead atoms. The van der Waals surface area contributed by atoms with Gasteiger partial charge in [0.25, 0.3) is 0 Å². The first-order valence-electron chi connectivity index (χ1n) is 8.39. The second-order valence-electron chi connectivity index (χ2n) is 5.99. The van der Waals surface area contributed by atoms with E-state index >= 15 is 0 Å². The van der Waals surface area contributed by atoms with Crippen molar-refractivity contribution < 1.29 is 0 Å². The van der Waals surface area contributed by atoms with Crippen LogP contribution in [0.3, 0.4) is 0 Å². The van der Waals surface area contributed by atoms with Crippen molar-refractivity contribution in [2.45, 2.75) is 12.8 Å². The van der Waals surface area contributed by atoms with Crippen LogP contribution in [0, 0.1) is 0 Å². The minimum absolute atomic E-state index is 0.304. The standard InChI is InChI=1S/C21H16ClN3O/c22-15-9-11-18-19(12-10-16-6-4-5-13-23-16)24-21(26)25(20(18)14-15)17-7-2-1-3-8-17/h1-9,11,13-14H,10,12H2. The minimum atomic E-state index is -0.304. The molecule has 0 fully saturated rings. The van der Waals surface area contributed by atoms with E-state index in [4.69, 9.17) is 11.6 Å². The van der Waals surface area contributed by atoms with Crippen LogP contribution in [0.4, 0.5) is 0 Å². The third-order valence-electron chi connectivity index (χ3n) is 4.29. The Bertz CT molecular complexity index is 1110. The summed E-state index contributed by atoms with van der Waals surface area (Å²) in [6.07, 6.45) is 3.13. The minimum Gasteiger partial charge on any atom is -0.261 e. The molecule has 0 aliphatic carbocycles. The largest absolute Gasteiger partial charge is 0.352 e. The zero-order chi connectivity index (χ0) is 17.9. The van der Waals surface area contributed by atoms with E-state index in [0.29, 0.717) is 11.4 Å². The Hall–Kier alpha value is -2.98. The molecule has 0 saturated heterocycles. The maximum atomic E-state index is 12.8. The average Bonchev–Trinajstić information content (AvgIpc) is 2.67. The first-order valence-corrected chi connectivity index (χ1v) is 8.77. The van der Waals surface area contributed by atoms with Gasteiger partial charge in [-0.15, -0.1) is 0 Å². The number of hydrogen-bond donors (Lipinski definition) is 0. The smallest absolute Gasteiger partial charge is 0.261 e. The first-order chi connectivity index (χ1) is 12.7. The van der Waals surface area contributed by atoms with Crippen LogP contribution in [-0.2, 0) is 12.8 Å². The van der Waals surface area contributed by atoms with E-state index in [0.717, 1.165) is 34.4 Å². The van der Waals surface area contributed by atoms with Crippen LogP contribution in [0.25, 0.3) is 16.6 Å². The van der Waals surface area contributed by atoms with Crippen LogP contribution >= 0.6 is 11.6 Å².